The number of hydrogen-bond donors (Lipinski definition) is 0. The first kappa shape index (κ1) is 11.4. The van der Waals surface area contributed by atoms with E-state index in [1.165, 1.54) is 19.3 Å². The molecular weight excluding hydrogens is 200 g/mol. The Bertz CT molecular complexity index is 362. The van der Waals surface area contributed by atoms with E-state index in [0.717, 1.165) is 24.5 Å². The van der Waals surface area contributed by atoms with Crippen molar-refractivity contribution < 1.29 is 4.79 Å². The maximum absolute atomic E-state index is 12.2. The third-order valence-electron chi connectivity index (χ3n) is 3.86. The van der Waals surface area contributed by atoms with E-state index in [1.807, 2.05) is 11.6 Å². The van der Waals surface area contributed by atoms with E-state index in [1.54, 1.807) is 12.5 Å². The van der Waals surface area contributed by atoms with E-state index < -0.39 is 0 Å². The predicted molar refractivity (Wildman–Crippen MR) is 63.3 cm³/mol. The van der Waals surface area contributed by atoms with Crippen LogP contribution in [0.3, 0.4) is 0 Å². The number of hydrogen-bond acceptors (Lipinski definition) is 2. The fraction of sp³-hybridized carbons (Fsp3) is 0.692. The van der Waals surface area contributed by atoms with Gasteiger partial charge in [0.15, 0.2) is 5.78 Å². The van der Waals surface area contributed by atoms with E-state index in [2.05, 4.69) is 11.9 Å². The lowest BCUT2D eigenvalue weighted by Gasteiger charge is -2.26. The minimum absolute atomic E-state index is 0.234. The highest BCUT2D eigenvalue weighted by Crippen LogP contribution is 2.32. The van der Waals surface area contributed by atoms with E-state index in [0.29, 0.717) is 0 Å². The fourth-order valence-electron chi connectivity index (χ4n) is 2.64. The van der Waals surface area contributed by atoms with Crippen LogP contribution in [0.4, 0.5) is 0 Å². The molecule has 16 heavy (non-hydrogen) atoms. The lowest BCUT2D eigenvalue weighted by atomic mass is 9.78. The van der Waals surface area contributed by atoms with Gasteiger partial charge in [0.05, 0.1) is 12.5 Å². The van der Waals surface area contributed by atoms with Crippen LogP contribution in [-0.2, 0) is 7.05 Å². The number of rotatable bonds is 3. The summed E-state index contributed by atoms with van der Waals surface area (Å²) in [4.78, 5) is 16.2. The molecule has 3 nitrogen and oxygen atoms in total. The normalized spacial score (nSPS) is 25.6. The van der Waals surface area contributed by atoms with Crippen LogP contribution in [0.25, 0.3) is 0 Å². The van der Waals surface area contributed by atoms with Crippen LogP contribution in [0.2, 0.25) is 0 Å². The highest BCUT2D eigenvalue weighted by molar-refractivity contribution is 5.96. The summed E-state index contributed by atoms with van der Waals surface area (Å²) < 4.78 is 1.83. The molecule has 3 heteroatoms. The minimum Gasteiger partial charge on any atom is -0.331 e. The molecule has 0 spiro atoms. The molecule has 0 aliphatic heterocycles. The van der Waals surface area contributed by atoms with Gasteiger partial charge >= 0.3 is 0 Å². The van der Waals surface area contributed by atoms with Gasteiger partial charge in [-0.15, -0.1) is 0 Å². The second-order valence-corrected chi connectivity index (χ2v) is 4.88. The van der Waals surface area contributed by atoms with Crippen LogP contribution in [0.1, 0.15) is 49.5 Å². The zero-order valence-corrected chi connectivity index (χ0v) is 10.1. The molecule has 0 aromatic carbocycles. The van der Waals surface area contributed by atoms with Crippen LogP contribution < -0.4 is 0 Å². The summed E-state index contributed by atoms with van der Waals surface area (Å²) in [6, 6.07) is 0. The number of aromatic nitrogens is 2. The Labute approximate surface area is 96.9 Å². The van der Waals surface area contributed by atoms with Crippen molar-refractivity contribution in [3.8, 4) is 0 Å². The van der Waals surface area contributed by atoms with Gasteiger partial charge in [0.2, 0.25) is 0 Å². The smallest absolute Gasteiger partial charge is 0.183 e. The molecule has 1 aromatic heterocycles. The maximum atomic E-state index is 12.2. The molecule has 0 bridgehead atoms. The van der Waals surface area contributed by atoms with Crippen LogP contribution in [0.15, 0.2) is 12.5 Å². The molecule has 0 saturated heterocycles. The maximum Gasteiger partial charge on any atom is 0.183 e. The second kappa shape index (κ2) is 4.81. The third kappa shape index (κ3) is 2.18. The molecule has 0 radical (unpaired) electrons. The van der Waals surface area contributed by atoms with Crippen molar-refractivity contribution in [3.05, 3.63) is 18.2 Å². The molecule has 0 N–H and O–H groups in total. The van der Waals surface area contributed by atoms with Crippen LogP contribution in [0, 0.1) is 11.8 Å². The van der Waals surface area contributed by atoms with E-state index >= 15 is 0 Å². The van der Waals surface area contributed by atoms with Gasteiger partial charge in [-0.25, -0.2) is 4.98 Å². The number of imidazole rings is 1. The predicted octanol–water partition coefficient (Wildman–Crippen LogP) is 2.82. The van der Waals surface area contributed by atoms with Crippen molar-refractivity contribution in [3.63, 3.8) is 0 Å². The SMILES string of the molecule is CCC1CCC(C(=O)c2cncn2C)CC1. The third-order valence-corrected chi connectivity index (χ3v) is 3.86. The number of carbonyl (C=O) groups excluding carboxylic acids is 1. The average molecular weight is 220 g/mol. The van der Waals surface area contributed by atoms with Crippen LogP contribution in [-0.4, -0.2) is 15.3 Å². The van der Waals surface area contributed by atoms with Gasteiger partial charge in [-0.05, 0) is 31.6 Å². The molecule has 1 saturated carbocycles. The molecule has 1 aromatic rings. The number of carbonyl (C=O) groups is 1. The first-order chi connectivity index (χ1) is 7.72. The highest BCUT2D eigenvalue weighted by atomic mass is 16.1. The van der Waals surface area contributed by atoms with Gasteiger partial charge in [0.1, 0.15) is 5.69 Å². The molecule has 88 valence electrons. The summed E-state index contributed by atoms with van der Waals surface area (Å²) in [6.07, 6.45) is 9.19. The molecule has 1 aliphatic rings. The standard InChI is InChI=1S/C13H20N2O/c1-3-10-4-6-11(7-5-10)13(16)12-8-14-9-15(12)2/h8-11H,3-7H2,1-2H3. The monoisotopic (exact) mass is 220 g/mol. The van der Waals surface area contributed by atoms with Crippen molar-refractivity contribution in [2.75, 3.05) is 0 Å². The van der Waals surface area contributed by atoms with E-state index in [-0.39, 0.29) is 11.7 Å². The zero-order valence-electron chi connectivity index (χ0n) is 10.1. The summed E-state index contributed by atoms with van der Waals surface area (Å²) in [5.74, 6) is 1.36. The van der Waals surface area contributed by atoms with Crippen LogP contribution in [0.5, 0.6) is 0 Å². The van der Waals surface area contributed by atoms with Crippen molar-refractivity contribution in [1.29, 1.82) is 0 Å². The van der Waals surface area contributed by atoms with Crippen molar-refractivity contribution in [2.24, 2.45) is 18.9 Å². The van der Waals surface area contributed by atoms with Gasteiger partial charge in [-0.3, -0.25) is 4.79 Å². The highest BCUT2D eigenvalue weighted by Gasteiger charge is 2.27. The molecule has 0 atom stereocenters. The topological polar surface area (TPSA) is 34.9 Å². The van der Waals surface area contributed by atoms with Gasteiger partial charge in [0.25, 0.3) is 0 Å². The number of nitrogens with zero attached hydrogens (tertiary/aromatic N) is 2. The van der Waals surface area contributed by atoms with Gasteiger partial charge in [-0.1, -0.05) is 13.3 Å². The molecule has 0 unspecified atom stereocenters. The lowest BCUT2D eigenvalue weighted by Crippen LogP contribution is -2.23. The van der Waals surface area contributed by atoms with E-state index in [4.69, 9.17) is 0 Å². The van der Waals surface area contributed by atoms with Crippen molar-refractivity contribution >= 4 is 5.78 Å². The minimum atomic E-state index is 0.234. The Morgan fingerprint density at radius 1 is 1.44 bits per heavy atom. The Hall–Kier alpha value is -1.12. The number of aryl methyl sites for hydroxylation is 1. The Morgan fingerprint density at radius 3 is 2.62 bits per heavy atom. The summed E-state index contributed by atoms with van der Waals surface area (Å²) in [7, 11) is 1.89. The Kier molecular flexibility index (Phi) is 3.42. The molecule has 1 fully saturated rings. The van der Waals surface area contributed by atoms with Gasteiger partial charge < -0.3 is 4.57 Å². The zero-order chi connectivity index (χ0) is 11.5. The molecule has 1 heterocycles. The largest absolute Gasteiger partial charge is 0.331 e. The van der Waals surface area contributed by atoms with Gasteiger partial charge in [0, 0.05) is 13.0 Å². The summed E-state index contributed by atoms with van der Waals surface area (Å²) >= 11 is 0. The Morgan fingerprint density at radius 2 is 2.12 bits per heavy atom. The van der Waals surface area contributed by atoms with Crippen LogP contribution >= 0.6 is 0 Å². The lowest BCUT2D eigenvalue weighted by molar-refractivity contribution is 0.0862. The molecule has 0 amide bonds. The van der Waals surface area contributed by atoms with Crippen molar-refractivity contribution in [2.45, 2.75) is 39.0 Å². The fourth-order valence-corrected chi connectivity index (χ4v) is 2.64. The van der Waals surface area contributed by atoms with Crippen molar-refractivity contribution in [1.82, 2.24) is 9.55 Å². The number of Topliss-reactive ketones (excluding diaryl/α,β-unsaturated/α-hetero) is 1. The second-order valence-electron chi connectivity index (χ2n) is 4.88. The summed E-state index contributed by atoms with van der Waals surface area (Å²) in [6.45, 7) is 2.24. The summed E-state index contributed by atoms with van der Waals surface area (Å²) in [5, 5.41) is 0. The number of ketones is 1. The van der Waals surface area contributed by atoms with E-state index in [9.17, 15) is 4.79 Å². The first-order valence-electron chi connectivity index (χ1n) is 6.23. The Balaban J connectivity index is 2.00. The first-order valence-corrected chi connectivity index (χ1v) is 6.23. The molecule has 1 aliphatic carbocycles. The quantitative estimate of drug-likeness (QED) is 0.734. The summed E-state index contributed by atoms with van der Waals surface area (Å²) in [5.41, 5.74) is 0.764. The molecular formula is C13H20N2O. The van der Waals surface area contributed by atoms with Gasteiger partial charge in [-0.2, -0.15) is 0 Å². The average Bonchev–Trinajstić information content (AvgIpc) is 2.75. The molecule has 2 rings (SSSR count).